The molecular weight excluding hydrogens is 324 g/mol. The summed E-state index contributed by atoms with van der Waals surface area (Å²) in [4.78, 5) is 15.1. The van der Waals surface area contributed by atoms with Gasteiger partial charge in [-0.2, -0.15) is 5.10 Å². The zero-order chi connectivity index (χ0) is 18.5. The number of carbonyl (C=O) groups excluding carboxylic acids is 1. The molecule has 1 heterocycles. The average Bonchev–Trinajstić information content (AvgIpc) is 3.00. The number of aromatic nitrogens is 2. The molecule has 5 heteroatoms. The molecule has 4 aliphatic rings. The highest BCUT2D eigenvalue weighted by molar-refractivity contribution is 5.93. The first-order chi connectivity index (χ1) is 12.3. The minimum Gasteiger partial charge on any atom is -0.310 e. The Labute approximate surface area is 157 Å². The van der Waals surface area contributed by atoms with Crippen molar-refractivity contribution >= 4 is 11.7 Å². The molecule has 5 nitrogen and oxygen atoms in total. The van der Waals surface area contributed by atoms with Gasteiger partial charge in [0.05, 0.1) is 12.2 Å². The Kier molecular flexibility index (Phi) is 4.62. The standard InChI is InChI=1S/C21H34N4O/c1-14(2)25-19(5-6-22-25)23-20(26)15(3)24(4)13-21-10-16-7-17(11-21)9-18(8-16)12-21/h5-6,14-18H,7-13H2,1-4H3,(H,23,26)/t15-,16?,17?,18?,21?/m0/s1. The van der Waals surface area contributed by atoms with Gasteiger partial charge < -0.3 is 5.32 Å². The van der Waals surface area contributed by atoms with E-state index in [9.17, 15) is 4.79 Å². The number of rotatable bonds is 6. The predicted molar refractivity (Wildman–Crippen MR) is 104 cm³/mol. The SMILES string of the molecule is CC(C)n1nccc1NC(=O)[C@H](C)N(C)CC12CC3CC(CC(C3)C1)C2. The van der Waals surface area contributed by atoms with Gasteiger partial charge in [-0.05, 0) is 89.5 Å². The molecule has 5 rings (SSSR count). The van der Waals surface area contributed by atoms with Gasteiger partial charge in [0.15, 0.2) is 0 Å². The highest BCUT2D eigenvalue weighted by Crippen LogP contribution is 2.60. The molecule has 0 radical (unpaired) electrons. The van der Waals surface area contributed by atoms with Crippen molar-refractivity contribution in [1.29, 1.82) is 0 Å². The van der Waals surface area contributed by atoms with Crippen molar-refractivity contribution in [2.75, 3.05) is 18.9 Å². The fourth-order valence-electron chi connectivity index (χ4n) is 6.41. The molecule has 1 amide bonds. The molecular formula is C21H34N4O. The van der Waals surface area contributed by atoms with Crippen LogP contribution in [0, 0.1) is 23.2 Å². The van der Waals surface area contributed by atoms with Gasteiger partial charge in [-0.25, -0.2) is 4.68 Å². The van der Waals surface area contributed by atoms with Crippen LogP contribution in [0.25, 0.3) is 0 Å². The van der Waals surface area contributed by atoms with E-state index in [0.717, 1.165) is 30.1 Å². The lowest BCUT2D eigenvalue weighted by Gasteiger charge is -2.58. The number of nitrogens with one attached hydrogen (secondary N) is 1. The summed E-state index contributed by atoms with van der Waals surface area (Å²) < 4.78 is 1.86. The Hall–Kier alpha value is -1.36. The van der Waals surface area contributed by atoms with E-state index in [1.165, 1.54) is 38.5 Å². The molecule has 0 aromatic carbocycles. The predicted octanol–water partition coefficient (Wildman–Crippen LogP) is 3.94. The average molecular weight is 359 g/mol. The van der Waals surface area contributed by atoms with Crippen LogP contribution in [-0.2, 0) is 4.79 Å². The van der Waals surface area contributed by atoms with Gasteiger partial charge in [0.2, 0.25) is 5.91 Å². The summed E-state index contributed by atoms with van der Waals surface area (Å²) in [7, 11) is 2.13. The lowest BCUT2D eigenvalue weighted by molar-refractivity contribution is -0.122. The maximum atomic E-state index is 12.8. The number of hydrogen-bond donors (Lipinski definition) is 1. The van der Waals surface area contributed by atoms with E-state index in [0.29, 0.717) is 5.41 Å². The Balaban J connectivity index is 1.39. The first-order valence-corrected chi connectivity index (χ1v) is 10.4. The second-order valence-corrected chi connectivity index (χ2v) is 9.75. The minimum atomic E-state index is -0.126. The van der Waals surface area contributed by atoms with Gasteiger partial charge in [0, 0.05) is 18.7 Å². The van der Waals surface area contributed by atoms with Crippen LogP contribution in [-0.4, -0.2) is 40.2 Å². The number of carbonyl (C=O) groups is 1. The lowest BCUT2D eigenvalue weighted by Crippen LogP contribution is -2.53. The number of nitrogens with zero attached hydrogens (tertiary/aromatic N) is 3. The first-order valence-electron chi connectivity index (χ1n) is 10.4. The summed E-state index contributed by atoms with van der Waals surface area (Å²) in [5, 5.41) is 7.39. The quantitative estimate of drug-likeness (QED) is 0.838. The number of anilines is 1. The van der Waals surface area contributed by atoms with E-state index >= 15 is 0 Å². The van der Waals surface area contributed by atoms with Crippen LogP contribution >= 0.6 is 0 Å². The van der Waals surface area contributed by atoms with Crippen molar-refractivity contribution in [2.45, 2.75) is 71.4 Å². The third kappa shape index (κ3) is 3.30. The Morgan fingerprint density at radius 3 is 2.35 bits per heavy atom. The molecule has 4 saturated carbocycles. The fraction of sp³-hybridized carbons (Fsp3) is 0.810. The maximum absolute atomic E-state index is 12.8. The molecule has 1 aromatic heterocycles. The molecule has 26 heavy (non-hydrogen) atoms. The zero-order valence-corrected chi connectivity index (χ0v) is 16.7. The smallest absolute Gasteiger partial charge is 0.242 e. The van der Waals surface area contributed by atoms with Crippen LogP contribution in [0.2, 0.25) is 0 Å². The summed E-state index contributed by atoms with van der Waals surface area (Å²) >= 11 is 0. The van der Waals surface area contributed by atoms with Crippen molar-refractivity contribution in [2.24, 2.45) is 23.2 Å². The number of hydrogen-bond acceptors (Lipinski definition) is 3. The van der Waals surface area contributed by atoms with Gasteiger partial charge in [-0.15, -0.1) is 0 Å². The minimum absolute atomic E-state index is 0.0691. The molecule has 4 aliphatic carbocycles. The van der Waals surface area contributed by atoms with Crippen LogP contribution in [0.4, 0.5) is 5.82 Å². The molecule has 4 fully saturated rings. The second-order valence-electron chi connectivity index (χ2n) is 9.75. The molecule has 1 aromatic rings. The molecule has 4 bridgehead atoms. The van der Waals surface area contributed by atoms with Crippen molar-refractivity contribution < 1.29 is 4.79 Å². The maximum Gasteiger partial charge on any atom is 0.242 e. The number of likely N-dealkylation sites (N-methyl/N-ethyl adjacent to an activating group) is 1. The van der Waals surface area contributed by atoms with Gasteiger partial charge >= 0.3 is 0 Å². The van der Waals surface area contributed by atoms with E-state index in [4.69, 9.17) is 0 Å². The number of amides is 1. The van der Waals surface area contributed by atoms with Crippen LogP contribution in [0.1, 0.15) is 65.3 Å². The Morgan fingerprint density at radius 1 is 1.23 bits per heavy atom. The van der Waals surface area contributed by atoms with Gasteiger partial charge in [0.1, 0.15) is 5.82 Å². The first kappa shape index (κ1) is 18.0. The van der Waals surface area contributed by atoms with Crippen LogP contribution in [0.15, 0.2) is 12.3 Å². The topological polar surface area (TPSA) is 50.2 Å². The Bertz CT molecular complexity index is 629. The van der Waals surface area contributed by atoms with Crippen molar-refractivity contribution in [1.82, 2.24) is 14.7 Å². The van der Waals surface area contributed by atoms with E-state index in [2.05, 4.69) is 36.2 Å². The summed E-state index contributed by atoms with van der Waals surface area (Å²) in [6.07, 6.45) is 10.3. The third-order valence-corrected chi connectivity index (χ3v) is 7.20. The molecule has 0 saturated heterocycles. The fourth-order valence-corrected chi connectivity index (χ4v) is 6.41. The molecule has 0 spiro atoms. The van der Waals surface area contributed by atoms with Crippen molar-refractivity contribution in [3.63, 3.8) is 0 Å². The third-order valence-electron chi connectivity index (χ3n) is 7.20. The second kappa shape index (κ2) is 6.66. The summed E-state index contributed by atoms with van der Waals surface area (Å²) in [6.45, 7) is 7.25. The van der Waals surface area contributed by atoms with Crippen LogP contribution < -0.4 is 5.32 Å². The van der Waals surface area contributed by atoms with E-state index < -0.39 is 0 Å². The molecule has 1 atom stereocenters. The molecule has 0 unspecified atom stereocenters. The van der Waals surface area contributed by atoms with E-state index in [1.54, 1.807) is 6.20 Å². The van der Waals surface area contributed by atoms with Crippen LogP contribution in [0.5, 0.6) is 0 Å². The molecule has 144 valence electrons. The van der Waals surface area contributed by atoms with E-state index in [-0.39, 0.29) is 18.0 Å². The van der Waals surface area contributed by atoms with Crippen molar-refractivity contribution in [3.05, 3.63) is 12.3 Å². The molecule has 1 N–H and O–H groups in total. The van der Waals surface area contributed by atoms with Gasteiger partial charge in [0.25, 0.3) is 0 Å². The monoisotopic (exact) mass is 358 g/mol. The summed E-state index contributed by atoms with van der Waals surface area (Å²) in [6, 6.07) is 1.99. The summed E-state index contributed by atoms with van der Waals surface area (Å²) in [5.41, 5.74) is 0.470. The highest BCUT2D eigenvalue weighted by Gasteiger charge is 2.51. The normalized spacial score (nSPS) is 33.8. The molecule has 0 aliphatic heterocycles. The Morgan fingerprint density at radius 2 is 1.81 bits per heavy atom. The lowest BCUT2D eigenvalue weighted by atomic mass is 9.49. The van der Waals surface area contributed by atoms with E-state index in [1.807, 2.05) is 17.7 Å². The van der Waals surface area contributed by atoms with Gasteiger partial charge in [-0.1, -0.05) is 0 Å². The highest BCUT2D eigenvalue weighted by atomic mass is 16.2. The largest absolute Gasteiger partial charge is 0.310 e. The summed E-state index contributed by atoms with van der Waals surface area (Å²) in [5.74, 6) is 3.73. The van der Waals surface area contributed by atoms with Crippen molar-refractivity contribution in [3.8, 4) is 0 Å². The van der Waals surface area contributed by atoms with Gasteiger partial charge in [-0.3, -0.25) is 9.69 Å². The zero-order valence-electron chi connectivity index (χ0n) is 16.7. The van der Waals surface area contributed by atoms with Crippen LogP contribution in [0.3, 0.4) is 0 Å².